The van der Waals surface area contributed by atoms with E-state index in [1.165, 1.54) is 6.92 Å². The summed E-state index contributed by atoms with van der Waals surface area (Å²) in [6.45, 7) is 10.8. The van der Waals surface area contributed by atoms with Crippen LogP contribution < -0.4 is 0 Å². The molecule has 7 atom stereocenters. The quantitative estimate of drug-likeness (QED) is 0.237. The van der Waals surface area contributed by atoms with Crippen LogP contribution in [0.3, 0.4) is 0 Å². The molecule has 0 amide bonds. The molecule has 2 N–H and O–H groups in total. The fourth-order valence-electron chi connectivity index (χ4n) is 5.60. The lowest BCUT2D eigenvalue weighted by molar-refractivity contribution is -0.210. The van der Waals surface area contributed by atoms with Crippen molar-refractivity contribution in [3.8, 4) is 0 Å². The van der Waals surface area contributed by atoms with Crippen molar-refractivity contribution < 1.29 is 48.3 Å². The van der Waals surface area contributed by atoms with Crippen LogP contribution in [0.2, 0.25) is 0 Å². The van der Waals surface area contributed by atoms with E-state index >= 15 is 0 Å². The second-order valence-corrected chi connectivity index (χ2v) is 10.3. The second kappa shape index (κ2) is 9.63. The fraction of sp³-hybridized carbons (Fsp3) is 0.692. The molecular weight excluding hydrogens is 472 g/mol. The third-order valence-corrected chi connectivity index (χ3v) is 7.78. The zero-order valence-corrected chi connectivity index (χ0v) is 21.9. The predicted octanol–water partition coefficient (Wildman–Crippen LogP) is 2.05. The molecule has 1 aliphatic heterocycles. The monoisotopic (exact) mass is 508 g/mol. The summed E-state index contributed by atoms with van der Waals surface area (Å²) in [6, 6.07) is 0. The van der Waals surface area contributed by atoms with E-state index in [1.54, 1.807) is 40.7 Å². The van der Waals surface area contributed by atoms with Gasteiger partial charge < -0.3 is 29.2 Å². The van der Waals surface area contributed by atoms with Crippen molar-refractivity contribution in [1.29, 1.82) is 0 Å². The molecule has 7 unspecified atom stereocenters. The van der Waals surface area contributed by atoms with Crippen LogP contribution in [0.4, 0.5) is 0 Å². The van der Waals surface area contributed by atoms with Gasteiger partial charge in [0.05, 0.1) is 0 Å². The van der Waals surface area contributed by atoms with Gasteiger partial charge in [-0.3, -0.25) is 9.59 Å². The van der Waals surface area contributed by atoms with E-state index in [4.69, 9.17) is 18.9 Å². The number of fused-ring (bicyclic) bond motifs is 3. The molecule has 2 fully saturated rings. The highest BCUT2D eigenvalue weighted by atomic mass is 16.6. The van der Waals surface area contributed by atoms with Crippen LogP contribution in [-0.4, -0.2) is 69.2 Å². The summed E-state index contributed by atoms with van der Waals surface area (Å²) in [6.07, 6.45) is -1.52. The van der Waals surface area contributed by atoms with E-state index in [1.807, 2.05) is 0 Å². The highest BCUT2D eigenvalue weighted by Crippen LogP contribution is 2.56. The largest absolute Gasteiger partial charge is 0.459 e. The summed E-state index contributed by atoms with van der Waals surface area (Å²) in [5.74, 6) is -3.53. The maximum atomic E-state index is 12.8. The van der Waals surface area contributed by atoms with Crippen LogP contribution in [0, 0.1) is 5.92 Å². The number of aliphatic hydroxyl groups is 2. The molecule has 1 saturated heterocycles. The second-order valence-electron chi connectivity index (χ2n) is 10.3. The number of hydrogen-bond donors (Lipinski definition) is 2. The molecule has 10 nitrogen and oxygen atoms in total. The minimum absolute atomic E-state index is 0.0476. The van der Waals surface area contributed by atoms with Crippen molar-refractivity contribution in [3.63, 3.8) is 0 Å². The van der Waals surface area contributed by atoms with Gasteiger partial charge in [0.1, 0.15) is 17.8 Å². The first-order chi connectivity index (χ1) is 16.6. The van der Waals surface area contributed by atoms with Crippen LogP contribution in [0.5, 0.6) is 0 Å². The lowest BCUT2D eigenvalue weighted by Crippen LogP contribution is -2.64. The molecule has 3 rings (SSSR count). The van der Waals surface area contributed by atoms with E-state index in [0.717, 1.165) is 6.92 Å². The van der Waals surface area contributed by atoms with Crippen LogP contribution in [0.25, 0.3) is 0 Å². The van der Waals surface area contributed by atoms with E-state index < -0.39 is 64.9 Å². The Hall–Kier alpha value is -2.72. The van der Waals surface area contributed by atoms with Gasteiger partial charge in [0.15, 0.2) is 17.3 Å². The zero-order valence-electron chi connectivity index (χ0n) is 21.9. The molecule has 1 heterocycles. The normalized spacial score (nSPS) is 38.0. The van der Waals surface area contributed by atoms with Crippen LogP contribution in [0.15, 0.2) is 22.8 Å². The molecule has 2 aliphatic carbocycles. The number of hydrogen-bond acceptors (Lipinski definition) is 10. The Labute approximate surface area is 210 Å². The van der Waals surface area contributed by atoms with Gasteiger partial charge in [-0.25, -0.2) is 9.59 Å². The standard InChI is InChI=1S/C26H36O10/c1-8-10-19(28)34-18-12-24(6,36-15(5)27)16-11-17(33-22(29)13(3)9-2)14(4)20(16)21-26(18,32)25(7,31)23(30)35-21/h9,16-18,21,31-32H,8,10-12H2,1-7H3. The molecule has 1 saturated carbocycles. The molecule has 0 spiro atoms. The van der Waals surface area contributed by atoms with Crippen molar-refractivity contribution in [1.82, 2.24) is 0 Å². The molecule has 3 aliphatic rings. The average Bonchev–Trinajstić information content (AvgIpc) is 3.16. The number of esters is 4. The number of allylic oxidation sites excluding steroid dienone is 1. The van der Waals surface area contributed by atoms with E-state index in [2.05, 4.69) is 0 Å². The summed E-state index contributed by atoms with van der Waals surface area (Å²) in [5.41, 5.74) is -4.90. The predicted molar refractivity (Wildman–Crippen MR) is 125 cm³/mol. The lowest BCUT2D eigenvalue weighted by Gasteiger charge is -2.41. The third-order valence-electron chi connectivity index (χ3n) is 7.78. The summed E-state index contributed by atoms with van der Waals surface area (Å²) < 4.78 is 22.7. The Bertz CT molecular complexity index is 1020. The van der Waals surface area contributed by atoms with E-state index in [0.29, 0.717) is 23.1 Å². The van der Waals surface area contributed by atoms with Crippen molar-refractivity contribution in [2.45, 2.75) is 109 Å². The van der Waals surface area contributed by atoms with Gasteiger partial charge in [0.25, 0.3) is 0 Å². The van der Waals surface area contributed by atoms with Crippen LogP contribution >= 0.6 is 0 Å². The van der Waals surface area contributed by atoms with E-state index in [9.17, 15) is 29.4 Å². The Morgan fingerprint density at radius 1 is 1.17 bits per heavy atom. The SMILES string of the molecule is CC=C(C)C(=O)OC1CC2C(=C1C)C1OC(=O)C(C)(O)C1(O)C(OC(=O)CCC)CC2(C)OC(C)=O. The van der Waals surface area contributed by atoms with Crippen molar-refractivity contribution in [2.75, 3.05) is 0 Å². The minimum atomic E-state index is -2.44. The molecule has 0 radical (unpaired) electrons. The van der Waals surface area contributed by atoms with Gasteiger partial charge in [0.2, 0.25) is 0 Å². The van der Waals surface area contributed by atoms with Gasteiger partial charge in [-0.05, 0) is 58.6 Å². The van der Waals surface area contributed by atoms with Gasteiger partial charge in [-0.2, -0.15) is 0 Å². The number of ether oxygens (including phenoxy) is 4. The highest BCUT2D eigenvalue weighted by molar-refractivity contribution is 5.88. The Balaban J connectivity index is 2.20. The summed E-state index contributed by atoms with van der Waals surface area (Å²) >= 11 is 0. The van der Waals surface area contributed by atoms with E-state index in [-0.39, 0.29) is 19.3 Å². The Morgan fingerprint density at radius 2 is 1.81 bits per heavy atom. The fourth-order valence-corrected chi connectivity index (χ4v) is 5.60. The molecule has 10 heteroatoms. The summed E-state index contributed by atoms with van der Waals surface area (Å²) in [4.78, 5) is 50.0. The molecule has 0 aromatic rings. The average molecular weight is 509 g/mol. The number of carbonyl (C=O) groups is 4. The zero-order chi connectivity index (χ0) is 27.2. The van der Waals surface area contributed by atoms with Crippen molar-refractivity contribution in [2.24, 2.45) is 5.92 Å². The summed E-state index contributed by atoms with van der Waals surface area (Å²) in [7, 11) is 0. The van der Waals surface area contributed by atoms with Gasteiger partial charge in [-0.1, -0.05) is 13.0 Å². The molecule has 36 heavy (non-hydrogen) atoms. The molecule has 0 aromatic heterocycles. The Kier molecular flexibility index (Phi) is 7.45. The molecular formula is C26H36O10. The number of rotatable bonds is 6. The minimum Gasteiger partial charge on any atom is -0.459 e. The van der Waals surface area contributed by atoms with Crippen molar-refractivity contribution in [3.05, 3.63) is 22.8 Å². The highest BCUT2D eigenvalue weighted by Gasteiger charge is 2.74. The molecule has 0 bridgehead atoms. The van der Waals surface area contributed by atoms with Gasteiger partial charge in [0, 0.05) is 31.3 Å². The number of carbonyl (C=O) groups excluding carboxylic acids is 4. The first-order valence-electron chi connectivity index (χ1n) is 12.2. The topological polar surface area (TPSA) is 146 Å². The molecule has 200 valence electrons. The van der Waals surface area contributed by atoms with Crippen LogP contribution in [-0.2, 0) is 38.1 Å². The molecule has 0 aromatic carbocycles. The Morgan fingerprint density at radius 3 is 2.36 bits per heavy atom. The lowest BCUT2D eigenvalue weighted by atomic mass is 9.75. The maximum Gasteiger partial charge on any atom is 0.341 e. The first-order valence-corrected chi connectivity index (χ1v) is 12.2. The third kappa shape index (κ3) is 4.34. The van der Waals surface area contributed by atoms with Crippen LogP contribution in [0.1, 0.15) is 74.1 Å². The summed E-state index contributed by atoms with van der Waals surface area (Å²) in [5, 5.41) is 23.2. The van der Waals surface area contributed by atoms with Gasteiger partial charge >= 0.3 is 23.9 Å². The first kappa shape index (κ1) is 27.9. The van der Waals surface area contributed by atoms with Crippen molar-refractivity contribution >= 4 is 23.9 Å². The smallest absolute Gasteiger partial charge is 0.341 e. The van der Waals surface area contributed by atoms with Gasteiger partial charge in [-0.15, -0.1) is 0 Å². The maximum absolute atomic E-state index is 12.8.